The third-order valence-electron chi connectivity index (χ3n) is 4.26. The van der Waals surface area contributed by atoms with E-state index >= 15 is 0 Å². The molecule has 3 nitrogen and oxygen atoms in total. The summed E-state index contributed by atoms with van der Waals surface area (Å²) >= 11 is 0. The third kappa shape index (κ3) is 2.67. The van der Waals surface area contributed by atoms with Crippen LogP contribution in [0.25, 0.3) is 10.9 Å². The molecule has 19 heavy (non-hydrogen) atoms. The Hall–Kier alpha value is -1.32. The molecule has 1 aromatic carbocycles. The number of rotatable bonds is 3. The van der Waals surface area contributed by atoms with Crippen LogP contribution in [0.1, 0.15) is 24.1 Å². The van der Waals surface area contributed by atoms with Crippen molar-refractivity contribution in [2.75, 3.05) is 19.6 Å². The van der Waals surface area contributed by atoms with Crippen molar-refractivity contribution in [3.8, 4) is 0 Å². The van der Waals surface area contributed by atoms with Gasteiger partial charge in [-0.05, 0) is 37.8 Å². The van der Waals surface area contributed by atoms with Crippen LogP contribution in [0.2, 0.25) is 0 Å². The number of para-hydroxylation sites is 1. The van der Waals surface area contributed by atoms with Crippen LogP contribution in [0.4, 0.5) is 0 Å². The maximum Gasteiger partial charge on any atom is 0.0564 e. The minimum Gasteiger partial charge on any atom is -0.393 e. The first-order chi connectivity index (χ1) is 9.24. The molecule has 1 aliphatic heterocycles. The Labute approximate surface area is 114 Å². The number of hydrogen-bond acceptors (Lipinski definition) is 2. The number of aryl methyl sites for hydroxylation is 1. The number of aromatic nitrogens is 1. The highest BCUT2D eigenvalue weighted by atomic mass is 16.3. The van der Waals surface area contributed by atoms with Crippen LogP contribution in [-0.4, -0.2) is 40.7 Å². The molecule has 1 saturated heterocycles. The molecular weight excluding hydrogens is 236 g/mol. The van der Waals surface area contributed by atoms with Gasteiger partial charge in [-0.25, -0.2) is 0 Å². The molecule has 0 unspecified atom stereocenters. The quantitative estimate of drug-likeness (QED) is 0.888. The van der Waals surface area contributed by atoms with Crippen molar-refractivity contribution in [1.82, 2.24) is 9.88 Å². The second-order valence-electron chi connectivity index (χ2n) is 5.60. The van der Waals surface area contributed by atoms with Crippen LogP contribution in [0.3, 0.4) is 0 Å². The Balaban J connectivity index is 1.70. The number of aliphatic hydroxyl groups is 1. The summed E-state index contributed by atoms with van der Waals surface area (Å²) < 4.78 is 0. The van der Waals surface area contributed by atoms with Crippen molar-refractivity contribution in [3.05, 3.63) is 35.5 Å². The van der Waals surface area contributed by atoms with E-state index in [4.69, 9.17) is 0 Å². The molecule has 1 aliphatic rings. The van der Waals surface area contributed by atoms with E-state index in [1.165, 1.54) is 22.2 Å². The van der Waals surface area contributed by atoms with Crippen LogP contribution in [-0.2, 0) is 6.42 Å². The topological polar surface area (TPSA) is 39.3 Å². The number of aliphatic hydroxyl groups excluding tert-OH is 1. The summed E-state index contributed by atoms with van der Waals surface area (Å²) in [5.74, 6) is 0. The van der Waals surface area contributed by atoms with Gasteiger partial charge in [-0.2, -0.15) is 0 Å². The van der Waals surface area contributed by atoms with Gasteiger partial charge in [0.2, 0.25) is 0 Å². The number of nitrogens with one attached hydrogen (secondary N) is 1. The average molecular weight is 258 g/mol. The smallest absolute Gasteiger partial charge is 0.0564 e. The van der Waals surface area contributed by atoms with E-state index in [9.17, 15) is 5.11 Å². The van der Waals surface area contributed by atoms with Gasteiger partial charge in [0.1, 0.15) is 0 Å². The molecule has 2 N–H and O–H groups in total. The van der Waals surface area contributed by atoms with Gasteiger partial charge in [0, 0.05) is 36.2 Å². The number of hydrogen-bond donors (Lipinski definition) is 2. The van der Waals surface area contributed by atoms with Gasteiger partial charge in [0.25, 0.3) is 0 Å². The molecular formula is C16H22N2O. The van der Waals surface area contributed by atoms with E-state index in [0.717, 1.165) is 38.9 Å². The van der Waals surface area contributed by atoms with E-state index < -0.39 is 0 Å². The fourth-order valence-corrected chi connectivity index (χ4v) is 3.07. The second kappa shape index (κ2) is 5.35. The minimum absolute atomic E-state index is 0.0777. The summed E-state index contributed by atoms with van der Waals surface area (Å²) in [5, 5.41) is 10.9. The van der Waals surface area contributed by atoms with Gasteiger partial charge in [-0.15, -0.1) is 0 Å². The Morgan fingerprint density at radius 3 is 2.79 bits per heavy atom. The normalized spacial score (nSPS) is 18.2. The molecule has 0 spiro atoms. The van der Waals surface area contributed by atoms with Gasteiger partial charge >= 0.3 is 0 Å². The molecule has 0 bridgehead atoms. The monoisotopic (exact) mass is 258 g/mol. The van der Waals surface area contributed by atoms with Crippen molar-refractivity contribution >= 4 is 10.9 Å². The van der Waals surface area contributed by atoms with Gasteiger partial charge in [0.05, 0.1) is 6.10 Å². The first kappa shape index (κ1) is 12.7. The first-order valence-corrected chi connectivity index (χ1v) is 7.20. The van der Waals surface area contributed by atoms with E-state index in [2.05, 4.69) is 41.1 Å². The molecule has 3 rings (SSSR count). The highest BCUT2D eigenvalue weighted by molar-refractivity contribution is 5.84. The predicted octanol–water partition coefficient (Wildman–Crippen LogP) is 2.48. The highest BCUT2D eigenvalue weighted by Crippen LogP contribution is 2.22. The Bertz CT molecular complexity index is 553. The molecule has 2 aromatic rings. The lowest BCUT2D eigenvalue weighted by Gasteiger charge is -2.29. The molecule has 0 aliphatic carbocycles. The number of piperidine rings is 1. The number of H-pyrrole nitrogens is 1. The molecule has 102 valence electrons. The van der Waals surface area contributed by atoms with Crippen LogP contribution in [0, 0.1) is 6.92 Å². The lowest BCUT2D eigenvalue weighted by molar-refractivity contribution is 0.0832. The van der Waals surface area contributed by atoms with Crippen molar-refractivity contribution in [2.24, 2.45) is 0 Å². The van der Waals surface area contributed by atoms with E-state index in [1.54, 1.807) is 0 Å². The van der Waals surface area contributed by atoms with E-state index in [0.29, 0.717) is 0 Å². The maximum absolute atomic E-state index is 9.53. The number of likely N-dealkylation sites (tertiary alicyclic amines) is 1. The van der Waals surface area contributed by atoms with Crippen molar-refractivity contribution in [3.63, 3.8) is 0 Å². The molecule has 1 aromatic heterocycles. The molecule has 3 heteroatoms. The summed E-state index contributed by atoms with van der Waals surface area (Å²) in [6, 6.07) is 8.53. The predicted molar refractivity (Wildman–Crippen MR) is 78.4 cm³/mol. The third-order valence-corrected chi connectivity index (χ3v) is 4.26. The lowest BCUT2D eigenvalue weighted by atomic mass is 10.0. The number of nitrogens with zero attached hydrogens (tertiary/aromatic N) is 1. The molecule has 0 amide bonds. The van der Waals surface area contributed by atoms with Gasteiger partial charge in [-0.1, -0.05) is 18.2 Å². The highest BCUT2D eigenvalue weighted by Gasteiger charge is 2.17. The Kier molecular flexibility index (Phi) is 3.58. The number of aromatic amines is 1. The first-order valence-electron chi connectivity index (χ1n) is 7.20. The summed E-state index contributed by atoms with van der Waals surface area (Å²) in [6.07, 6.45) is 2.86. The Morgan fingerprint density at radius 2 is 2.00 bits per heavy atom. The molecule has 2 heterocycles. The largest absolute Gasteiger partial charge is 0.393 e. The fraction of sp³-hybridized carbons (Fsp3) is 0.500. The van der Waals surface area contributed by atoms with Crippen LogP contribution in [0.5, 0.6) is 0 Å². The molecule has 1 fully saturated rings. The standard InChI is InChI=1S/C16H22N2O/c1-12-14(15-4-2-3-5-16(15)17-12)8-11-18-9-6-13(19)7-10-18/h2-5,13,17,19H,6-11H2,1H3. The lowest BCUT2D eigenvalue weighted by Crippen LogP contribution is -2.37. The van der Waals surface area contributed by atoms with Gasteiger partial charge < -0.3 is 15.0 Å². The molecule has 0 radical (unpaired) electrons. The minimum atomic E-state index is -0.0777. The zero-order valence-electron chi connectivity index (χ0n) is 11.5. The fourth-order valence-electron chi connectivity index (χ4n) is 3.07. The molecule has 0 atom stereocenters. The summed E-state index contributed by atoms with van der Waals surface area (Å²) in [7, 11) is 0. The summed E-state index contributed by atoms with van der Waals surface area (Å²) in [6.45, 7) is 5.32. The maximum atomic E-state index is 9.53. The second-order valence-corrected chi connectivity index (χ2v) is 5.60. The molecule has 0 saturated carbocycles. The number of fused-ring (bicyclic) bond motifs is 1. The van der Waals surface area contributed by atoms with Crippen LogP contribution < -0.4 is 0 Å². The summed E-state index contributed by atoms with van der Waals surface area (Å²) in [5.41, 5.74) is 3.98. The zero-order valence-corrected chi connectivity index (χ0v) is 11.5. The van der Waals surface area contributed by atoms with Crippen LogP contribution in [0.15, 0.2) is 24.3 Å². The number of benzene rings is 1. The van der Waals surface area contributed by atoms with Crippen molar-refractivity contribution in [2.45, 2.75) is 32.3 Å². The van der Waals surface area contributed by atoms with E-state index in [1.807, 2.05) is 0 Å². The SMILES string of the molecule is Cc1[nH]c2ccccc2c1CCN1CCC(O)CC1. The zero-order chi connectivity index (χ0) is 13.2. The van der Waals surface area contributed by atoms with Gasteiger partial charge in [-0.3, -0.25) is 0 Å². The van der Waals surface area contributed by atoms with E-state index in [-0.39, 0.29) is 6.10 Å². The Morgan fingerprint density at radius 1 is 1.26 bits per heavy atom. The average Bonchev–Trinajstić information content (AvgIpc) is 2.74. The van der Waals surface area contributed by atoms with Crippen molar-refractivity contribution in [1.29, 1.82) is 0 Å². The summed E-state index contributed by atoms with van der Waals surface area (Å²) in [4.78, 5) is 5.93. The van der Waals surface area contributed by atoms with Gasteiger partial charge in [0.15, 0.2) is 0 Å². The van der Waals surface area contributed by atoms with Crippen LogP contribution >= 0.6 is 0 Å². The van der Waals surface area contributed by atoms with Crippen molar-refractivity contribution < 1.29 is 5.11 Å².